The van der Waals surface area contributed by atoms with E-state index in [0.717, 1.165) is 19.6 Å². The normalized spacial score (nSPS) is 11.1. The van der Waals surface area contributed by atoms with Crippen LogP contribution >= 0.6 is 0 Å². The molecule has 0 saturated carbocycles. The highest BCUT2D eigenvalue weighted by Gasteiger charge is 1.86. The zero-order valence-corrected chi connectivity index (χ0v) is 9.99. The summed E-state index contributed by atoms with van der Waals surface area (Å²) in [7, 11) is 0. The Morgan fingerprint density at radius 3 is 2.75 bits per heavy atom. The minimum Gasteiger partial charge on any atom is -0.302 e. The predicted octanol–water partition coefficient (Wildman–Crippen LogP) is 3.41. The minimum atomic E-state index is 0.751. The van der Waals surface area contributed by atoms with Crippen molar-refractivity contribution in [1.29, 1.82) is 0 Å². The second-order valence-corrected chi connectivity index (χ2v) is 3.72. The Balaban J connectivity index is 2.01. The van der Waals surface area contributed by atoms with Crippen molar-refractivity contribution in [2.45, 2.75) is 26.2 Å². The summed E-state index contributed by atoms with van der Waals surface area (Å²) in [4.78, 5) is 5.27. The lowest BCUT2D eigenvalue weighted by Gasteiger charge is -2.02. The number of benzene rings is 1. The number of nitrogens with one attached hydrogen (secondary N) is 1. The van der Waals surface area contributed by atoms with E-state index >= 15 is 0 Å². The molecule has 16 heavy (non-hydrogen) atoms. The molecule has 1 rings (SSSR count). The third kappa shape index (κ3) is 6.38. The number of hydrogen-bond donors (Lipinski definition) is 1. The van der Waals surface area contributed by atoms with Gasteiger partial charge in [-0.1, -0.05) is 62.2 Å². The molecule has 0 atom stereocenters. The zero-order valence-electron chi connectivity index (χ0n) is 9.99. The summed E-state index contributed by atoms with van der Waals surface area (Å²) in [6.07, 6.45) is 7.75. The van der Waals surface area contributed by atoms with Crippen molar-refractivity contribution in [3.05, 3.63) is 42.0 Å². The van der Waals surface area contributed by atoms with Gasteiger partial charge in [0.1, 0.15) is 0 Å². The van der Waals surface area contributed by atoms with Crippen LogP contribution in [-0.4, -0.2) is 13.2 Å². The molecule has 0 spiro atoms. The second kappa shape index (κ2) is 9.13. The highest BCUT2D eigenvalue weighted by molar-refractivity contribution is 5.48. The lowest BCUT2D eigenvalue weighted by molar-refractivity contribution is 0.0460. The van der Waals surface area contributed by atoms with E-state index in [1.807, 2.05) is 18.2 Å². The third-order valence-corrected chi connectivity index (χ3v) is 2.26. The van der Waals surface area contributed by atoms with Crippen molar-refractivity contribution in [2.24, 2.45) is 0 Å². The Bertz CT molecular complexity index is 282. The Morgan fingerprint density at radius 2 is 2.00 bits per heavy atom. The molecule has 0 heterocycles. The number of unbranched alkanes of at least 4 members (excludes halogenated alkanes) is 2. The van der Waals surface area contributed by atoms with Gasteiger partial charge in [-0.3, -0.25) is 0 Å². The average Bonchev–Trinajstić information content (AvgIpc) is 2.34. The van der Waals surface area contributed by atoms with Crippen molar-refractivity contribution in [3.63, 3.8) is 0 Å². The van der Waals surface area contributed by atoms with Crippen LogP contribution in [0, 0.1) is 0 Å². The minimum absolute atomic E-state index is 0.751. The maximum atomic E-state index is 5.27. The van der Waals surface area contributed by atoms with Crippen LogP contribution in [0.1, 0.15) is 31.7 Å². The van der Waals surface area contributed by atoms with Crippen molar-refractivity contribution in [2.75, 3.05) is 13.2 Å². The van der Waals surface area contributed by atoms with E-state index in [-0.39, 0.29) is 0 Å². The Morgan fingerprint density at radius 1 is 1.19 bits per heavy atom. The quantitative estimate of drug-likeness (QED) is 0.534. The summed E-state index contributed by atoms with van der Waals surface area (Å²) in [6, 6.07) is 10.3. The number of hydrogen-bond acceptors (Lipinski definition) is 2. The zero-order chi connectivity index (χ0) is 11.5. The van der Waals surface area contributed by atoms with E-state index in [1.54, 1.807) is 0 Å². The van der Waals surface area contributed by atoms with Gasteiger partial charge in [0.2, 0.25) is 0 Å². The average molecular weight is 219 g/mol. The van der Waals surface area contributed by atoms with Gasteiger partial charge in [0.25, 0.3) is 0 Å². The molecule has 1 aromatic carbocycles. The molecule has 0 radical (unpaired) electrons. The molecule has 0 unspecified atom stereocenters. The maximum absolute atomic E-state index is 5.27. The third-order valence-electron chi connectivity index (χ3n) is 2.26. The lowest BCUT2D eigenvalue weighted by atomic mass is 10.2. The molecule has 0 fully saturated rings. The summed E-state index contributed by atoms with van der Waals surface area (Å²) in [5.41, 5.74) is 4.15. The summed E-state index contributed by atoms with van der Waals surface area (Å²) >= 11 is 0. The van der Waals surface area contributed by atoms with Crippen molar-refractivity contribution < 1.29 is 4.84 Å². The molecule has 0 aliphatic rings. The van der Waals surface area contributed by atoms with Gasteiger partial charge in [-0.25, -0.2) is 0 Å². The van der Waals surface area contributed by atoms with Gasteiger partial charge in [-0.05, 0) is 12.0 Å². The Kier molecular flexibility index (Phi) is 7.39. The van der Waals surface area contributed by atoms with Crippen LogP contribution in [-0.2, 0) is 4.84 Å². The summed E-state index contributed by atoms with van der Waals surface area (Å²) in [6.45, 7) is 3.74. The molecule has 0 bridgehead atoms. The SMILES string of the molecule is CCCCCONCC=Cc1ccccc1. The first-order valence-electron chi connectivity index (χ1n) is 5.99. The summed E-state index contributed by atoms with van der Waals surface area (Å²) < 4.78 is 0. The fourth-order valence-corrected chi connectivity index (χ4v) is 1.36. The molecule has 2 heteroatoms. The van der Waals surface area contributed by atoms with E-state index in [1.165, 1.54) is 18.4 Å². The van der Waals surface area contributed by atoms with Crippen molar-refractivity contribution >= 4 is 6.08 Å². The monoisotopic (exact) mass is 219 g/mol. The summed E-state index contributed by atoms with van der Waals surface area (Å²) in [5, 5.41) is 0. The second-order valence-electron chi connectivity index (χ2n) is 3.72. The van der Waals surface area contributed by atoms with Crippen molar-refractivity contribution in [1.82, 2.24) is 5.48 Å². The van der Waals surface area contributed by atoms with E-state index in [2.05, 4.69) is 36.7 Å². The molecule has 88 valence electrons. The van der Waals surface area contributed by atoms with Crippen LogP contribution in [0.15, 0.2) is 36.4 Å². The van der Waals surface area contributed by atoms with Gasteiger partial charge in [0.05, 0.1) is 6.61 Å². The molecule has 1 aromatic rings. The molecule has 0 saturated heterocycles. The summed E-state index contributed by atoms with van der Waals surface area (Å²) in [5.74, 6) is 0. The van der Waals surface area contributed by atoms with Crippen LogP contribution in [0.2, 0.25) is 0 Å². The van der Waals surface area contributed by atoms with Crippen LogP contribution in [0.3, 0.4) is 0 Å². The van der Waals surface area contributed by atoms with E-state index < -0.39 is 0 Å². The molecule has 0 aromatic heterocycles. The first-order chi connectivity index (χ1) is 7.93. The van der Waals surface area contributed by atoms with Gasteiger partial charge in [0, 0.05) is 6.54 Å². The molecule has 1 N–H and O–H groups in total. The van der Waals surface area contributed by atoms with Gasteiger partial charge in [-0.2, -0.15) is 5.48 Å². The molecular weight excluding hydrogens is 198 g/mol. The highest BCUT2D eigenvalue weighted by Crippen LogP contribution is 1.99. The first kappa shape index (κ1) is 12.9. The molecule has 0 aliphatic heterocycles. The lowest BCUT2D eigenvalue weighted by Crippen LogP contribution is -2.14. The highest BCUT2D eigenvalue weighted by atomic mass is 16.6. The van der Waals surface area contributed by atoms with E-state index in [4.69, 9.17) is 4.84 Å². The van der Waals surface area contributed by atoms with Gasteiger partial charge in [-0.15, -0.1) is 0 Å². The fourth-order valence-electron chi connectivity index (χ4n) is 1.36. The Labute approximate surface area is 98.3 Å². The van der Waals surface area contributed by atoms with E-state index in [0.29, 0.717) is 0 Å². The van der Waals surface area contributed by atoms with Crippen LogP contribution in [0.5, 0.6) is 0 Å². The number of hydroxylamine groups is 1. The molecule has 2 nitrogen and oxygen atoms in total. The van der Waals surface area contributed by atoms with Crippen LogP contribution < -0.4 is 5.48 Å². The number of rotatable bonds is 8. The molecular formula is C14H21NO. The van der Waals surface area contributed by atoms with Gasteiger partial charge in [0.15, 0.2) is 0 Å². The standard InChI is InChI=1S/C14H21NO/c1-2-3-7-13-16-15-12-8-11-14-9-5-4-6-10-14/h4-6,8-11,15H,2-3,7,12-13H2,1H3. The molecule has 0 amide bonds. The maximum Gasteiger partial charge on any atom is 0.0682 e. The fraction of sp³-hybridized carbons (Fsp3) is 0.429. The van der Waals surface area contributed by atoms with Crippen LogP contribution in [0.25, 0.3) is 6.08 Å². The predicted molar refractivity (Wildman–Crippen MR) is 69.0 cm³/mol. The van der Waals surface area contributed by atoms with Gasteiger partial charge < -0.3 is 4.84 Å². The first-order valence-corrected chi connectivity index (χ1v) is 5.99. The van der Waals surface area contributed by atoms with E-state index in [9.17, 15) is 0 Å². The molecule has 0 aliphatic carbocycles. The van der Waals surface area contributed by atoms with Crippen molar-refractivity contribution in [3.8, 4) is 0 Å². The van der Waals surface area contributed by atoms with Crippen LogP contribution in [0.4, 0.5) is 0 Å². The Hall–Kier alpha value is -1.12. The largest absolute Gasteiger partial charge is 0.302 e. The smallest absolute Gasteiger partial charge is 0.0682 e. The van der Waals surface area contributed by atoms with Gasteiger partial charge >= 0.3 is 0 Å². The topological polar surface area (TPSA) is 21.3 Å².